The predicted molar refractivity (Wildman–Crippen MR) is 108 cm³/mol. The van der Waals surface area contributed by atoms with Gasteiger partial charge in [-0.15, -0.1) is 11.3 Å². The number of aromatic nitrogens is 2. The van der Waals surface area contributed by atoms with Crippen LogP contribution in [0, 0.1) is 0 Å². The molecule has 0 spiro atoms. The van der Waals surface area contributed by atoms with Crippen molar-refractivity contribution in [2.24, 2.45) is 0 Å². The van der Waals surface area contributed by atoms with Crippen LogP contribution in [0.3, 0.4) is 0 Å². The Morgan fingerprint density at radius 2 is 1.97 bits per heavy atom. The minimum atomic E-state index is -4.46. The number of benzene rings is 1. The minimum Gasteiger partial charge on any atom is -0.363 e. The second kappa shape index (κ2) is 7.16. The summed E-state index contributed by atoms with van der Waals surface area (Å²) < 4.78 is 42.3. The number of amides is 1. The van der Waals surface area contributed by atoms with Crippen molar-refractivity contribution in [3.63, 3.8) is 0 Å². The molecule has 1 aromatic carbocycles. The van der Waals surface area contributed by atoms with Crippen molar-refractivity contribution in [2.45, 2.75) is 37.6 Å². The third-order valence-corrected chi connectivity index (χ3v) is 6.70. The lowest BCUT2D eigenvalue weighted by Crippen LogP contribution is -2.37. The lowest BCUT2D eigenvalue weighted by Gasteiger charge is -2.32. The summed E-state index contributed by atoms with van der Waals surface area (Å²) in [5.74, 6) is -0.121. The number of nitrogens with zero attached hydrogens (tertiary/aromatic N) is 3. The number of hydrogen-bond acceptors (Lipinski definition) is 4. The molecule has 156 valence electrons. The molecule has 1 amide bonds. The maximum absolute atomic E-state index is 13.8. The zero-order valence-corrected chi connectivity index (χ0v) is 16.7. The Labute approximate surface area is 175 Å². The van der Waals surface area contributed by atoms with E-state index in [0.29, 0.717) is 13.1 Å². The fraction of sp³-hybridized carbons (Fsp3) is 0.333. The van der Waals surface area contributed by atoms with E-state index in [1.165, 1.54) is 23.0 Å². The van der Waals surface area contributed by atoms with Gasteiger partial charge in [0.25, 0.3) is 5.91 Å². The van der Waals surface area contributed by atoms with E-state index < -0.39 is 18.3 Å². The van der Waals surface area contributed by atoms with Crippen molar-refractivity contribution < 1.29 is 18.0 Å². The number of carbonyl (C=O) groups excluding carboxylic acids is 1. The van der Waals surface area contributed by atoms with Gasteiger partial charge in [0.05, 0.1) is 6.04 Å². The molecule has 4 heterocycles. The van der Waals surface area contributed by atoms with E-state index in [2.05, 4.69) is 10.4 Å². The SMILES string of the molecule is O=C(c1cc2n(n1)[C@H](C(F)(F)F)C[C@H](c1cccs1)N2)N1CCc2ccccc2C1. The van der Waals surface area contributed by atoms with E-state index in [1.807, 2.05) is 41.8 Å². The Hall–Kier alpha value is -2.81. The summed E-state index contributed by atoms with van der Waals surface area (Å²) in [6.07, 6.45) is -3.90. The van der Waals surface area contributed by atoms with Gasteiger partial charge in [-0.2, -0.15) is 18.3 Å². The lowest BCUT2D eigenvalue weighted by atomic mass is 10.00. The van der Waals surface area contributed by atoms with Crippen LogP contribution in [-0.2, 0) is 13.0 Å². The normalized spacial score (nSPS) is 21.0. The summed E-state index contributed by atoms with van der Waals surface area (Å²) >= 11 is 1.41. The van der Waals surface area contributed by atoms with Crippen LogP contribution >= 0.6 is 11.3 Å². The molecule has 30 heavy (non-hydrogen) atoms. The van der Waals surface area contributed by atoms with E-state index >= 15 is 0 Å². The summed E-state index contributed by atoms with van der Waals surface area (Å²) in [6, 6.07) is 10.7. The van der Waals surface area contributed by atoms with Crippen LogP contribution in [0.5, 0.6) is 0 Å². The number of fused-ring (bicyclic) bond motifs is 2. The zero-order valence-electron chi connectivity index (χ0n) is 15.9. The highest BCUT2D eigenvalue weighted by Gasteiger charge is 2.47. The fourth-order valence-corrected chi connectivity index (χ4v) is 4.98. The Balaban J connectivity index is 1.44. The topological polar surface area (TPSA) is 50.2 Å². The highest BCUT2D eigenvalue weighted by molar-refractivity contribution is 7.10. The van der Waals surface area contributed by atoms with Gasteiger partial charge < -0.3 is 10.2 Å². The summed E-state index contributed by atoms with van der Waals surface area (Å²) in [7, 11) is 0. The smallest absolute Gasteiger partial charge is 0.363 e. The average molecular weight is 432 g/mol. The van der Waals surface area contributed by atoms with Crippen molar-refractivity contribution in [2.75, 3.05) is 11.9 Å². The molecule has 2 aliphatic rings. The number of thiophene rings is 1. The number of alkyl halides is 3. The number of carbonyl (C=O) groups is 1. The maximum Gasteiger partial charge on any atom is 0.410 e. The third kappa shape index (κ3) is 3.36. The van der Waals surface area contributed by atoms with Crippen LogP contribution in [0.4, 0.5) is 19.0 Å². The molecule has 5 rings (SSSR count). The molecule has 0 fully saturated rings. The second-order valence-corrected chi connectivity index (χ2v) is 8.59. The molecule has 0 unspecified atom stereocenters. The summed E-state index contributed by atoms with van der Waals surface area (Å²) in [5, 5.41) is 9.07. The average Bonchev–Trinajstić information content (AvgIpc) is 3.41. The summed E-state index contributed by atoms with van der Waals surface area (Å²) in [5.41, 5.74) is 2.30. The molecule has 2 atom stereocenters. The minimum absolute atomic E-state index is 0.0398. The first kappa shape index (κ1) is 19.2. The zero-order chi connectivity index (χ0) is 20.9. The van der Waals surface area contributed by atoms with Gasteiger partial charge in [-0.1, -0.05) is 30.3 Å². The van der Waals surface area contributed by atoms with Crippen molar-refractivity contribution in [3.05, 3.63) is 69.5 Å². The van der Waals surface area contributed by atoms with Crippen molar-refractivity contribution in [3.8, 4) is 0 Å². The van der Waals surface area contributed by atoms with Gasteiger partial charge in [0.1, 0.15) is 5.82 Å². The standard InChI is InChI=1S/C21H19F3N4OS/c22-21(23,24)18-10-15(17-6-3-9-30-17)25-19-11-16(26-28(18)19)20(29)27-8-7-13-4-1-2-5-14(13)12-27/h1-6,9,11,15,18,25H,7-8,10,12H2/t15-,18+/m1/s1. The highest BCUT2D eigenvalue weighted by atomic mass is 32.1. The van der Waals surface area contributed by atoms with Crippen molar-refractivity contribution in [1.29, 1.82) is 0 Å². The molecule has 1 N–H and O–H groups in total. The maximum atomic E-state index is 13.8. The van der Waals surface area contributed by atoms with E-state index in [1.54, 1.807) is 4.90 Å². The van der Waals surface area contributed by atoms with Gasteiger partial charge in [-0.25, -0.2) is 4.68 Å². The quantitative estimate of drug-likeness (QED) is 0.633. The van der Waals surface area contributed by atoms with E-state index in [-0.39, 0.29) is 23.8 Å². The third-order valence-electron chi connectivity index (χ3n) is 5.71. The Kier molecular flexibility index (Phi) is 4.57. The van der Waals surface area contributed by atoms with E-state index in [9.17, 15) is 18.0 Å². The van der Waals surface area contributed by atoms with E-state index in [0.717, 1.165) is 21.5 Å². The number of anilines is 1. The number of halogens is 3. The first-order valence-electron chi connectivity index (χ1n) is 9.72. The second-order valence-electron chi connectivity index (χ2n) is 7.61. The van der Waals surface area contributed by atoms with Gasteiger partial charge in [0.15, 0.2) is 11.7 Å². The van der Waals surface area contributed by atoms with Gasteiger partial charge in [0, 0.05) is 30.5 Å². The first-order chi connectivity index (χ1) is 14.4. The number of nitrogens with one attached hydrogen (secondary N) is 1. The Bertz CT molecular complexity index is 1080. The molecule has 9 heteroatoms. The van der Waals surface area contributed by atoms with Crippen molar-refractivity contribution >= 4 is 23.1 Å². The van der Waals surface area contributed by atoms with Crippen LogP contribution < -0.4 is 5.32 Å². The molecule has 0 saturated heterocycles. The molecule has 0 bridgehead atoms. The van der Waals surface area contributed by atoms with Gasteiger partial charge in [0.2, 0.25) is 0 Å². The predicted octanol–water partition coefficient (Wildman–Crippen LogP) is 4.80. The van der Waals surface area contributed by atoms with Crippen molar-refractivity contribution in [1.82, 2.24) is 14.7 Å². The molecule has 3 aromatic rings. The molecule has 0 aliphatic carbocycles. The molecule has 2 aliphatic heterocycles. The number of rotatable bonds is 2. The first-order valence-corrected chi connectivity index (χ1v) is 10.6. The molecular weight excluding hydrogens is 413 g/mol. The monoisotopic (exact) mass is 432 g/mol. The molecular formula is C21H19F3N4OS. The van der Waals surface area contributed by atoms with Crippen LogP contribution in [-0.4, -0.2) is 33.3 Å². The molecule has 2 aromatic heterocycles. The van der Waals surface area contributed by atoms with E-state index in [4.69, 9.17) is 0 Å². The number of hydrogen-bond donors (Lipinski definition) is 1. The van der Waals surface area contributed by atoms with Crippen LogP contribution in [0.1, 0.15) is 45.0 Å². The molecule has 5 nitrogen and oxygen atoms in total. The largest absolute Gasteiger partial charge is 0.410 e. The van der Waals surface area contributed by atoms with Gasteiger partial charge in [-0.3, -0.25) is 4.79 Å². The summed E-state index contributed by atoms with van der Waals surface area (Å²) in [4.78, 5) is 15.5. The van der Waals surface area contributed by atoms with Crippen LogP contribution in [0.25, 0.3) is 0 Å². The summed E-state index contributed by atoms with van der Waals surface area (Å²) in [6.45, 7) is 0.955. The molecule has 0 radical (unpaired) electrons. The van der Waals surface area contributed by atoms with Crippen LogP contribution in [0.2, 0.25) is 0 Å². The van der Waals surface area contributed by atoms with Gasteiger partial charge >= 0.3 is 6.18 Å². The Morgan fingerprint density at radius 1 is 1.17 bits per heavy atom. The Morgan fingerprint density at radius 3 is 2.70 bits per heavy atom. The lowest BCUT2D eigenvalue weighted by molar-refractivity contribution is -0.173. The molecule has 0 saturated carbocycles. The van der Waals surface area contributed by atoms with Crippen LogP contribution in [0.15, 0.2) is 47.8 Å². The highest BCUT2D eigenvalue weighted by Crippen LogP contribution is 2.44. The van der Waals surface area contributed by atoms with Gasteiger partial charge in [-0.05, 0) is 29.0 Å². The fourth-order valence-electron chi connectivity index (χ4n) is 4.19.